The number of carbonyl (C=O) groups excluding carboxylic acids is 1. The molecule has 7 nitrogen and oxygen atoms in total. The number of amidine groups is 1. The lowest BCUT2D eigenvalue weighted by Gasteiger charge is -2.11. The molecule has 0 saturated carbocycles. The van der Waals surface area contributed by atoms with Gasteiger partial charge in [0.05, 0.1) is 17.7 Å². The molecule has 0 atom stereocenters. The monoisotopic (exact) mass is 558 g/mol. The second kappa shape index (κ2) is 10.0. The third kappa shape index (κ3) is 5.52. The number of hydrogen-bond acceptors (Lipinski definition) is 7. The molecule has 1 fully saturated rings. The Hall–Kier alpha value is -3.08. The van der Waals surface area contributed by atoms with Crippen LogP contribution in [0.25, 0.3) is 6.08 Å². The number of rotatable bonds is 6. The highest BCUT2D eigenvalue weighted by molar-refractivity contribution is 9.10. The average molecular weight is 559 g/mol. The van der Waals surface area contributed by atoms with Gasteiger partial charge in [-0.1, -0.05) is 35.9 Å². The predicted octanol–water partition coefficient (Wildman–Crippen LogP) is 5.43. The van der Waals surface area contributed by atoms with Crippen molar-refractivity contribution in [2.45, 2.75) is 11.8 Å². The van der Waals surface area contributed by atoms with Crippen molar-refractivity contribution >= 4 is 60.6 Å². The smallest absolute Gasteiger partial charge is 0.339 e. The third-order valence-electron chi connectivity index (χ3n) is 4.72. The number of ether oxygens (including phenoxy) is 1. The Kier molecular flexibility index (Phi) is 7.11. The van der Waals surface area contributed by atoms with Crippen LogP contribution in [-0.4, -0.2) is 26.6 Å². The number of methoxy groups -OCH3 is 1. The van der Waals surface area contributed by atoms with E-state index < -0.39 is 10.1 Å². The summed E-state index contributed by atoms with van der Waals surface area (Å²) < 4.78 is 36.7. The first-order valence-electron chi connectivity index (χ1n) is 9.98. The normalized spacial score (nSPS) is 16.0. The molecule has 10 heteroatoms. The SMILES string of the molecule is COc1cc(/C=C2/SC(=Nc3ccccc3Br)NC2=O)ccc1OS(=O)(=O)c1ccc(C)cc1. The zero-order valence-electron chi connectivity index (χ0n) is 18.1. The molecule has 0 radical (unpaired) electrons. The molecule has 3 aromatic rings. The third-order valence-corrected chi connectivity index (χ3v) is 7.55. The van der Waals surface area contributed by atoms with Crippen molar-refractivity contribution in [2.75, 3.05) is 7.11 Å². The van der Waals surface area contributed by atoms with Crippen molar-refractivity contribution in [1.29, 1.82) is 0 Å². The molecular weight excluding hydrogens is 540 g/mol. The average Bonchev–Trinajstić information content (AvgIpc) is 3.15. The van der Waals surface area contributed by atoms with Crippen LogP contribution in [0.15, 0.2) is 86.0 Å². The lowest BCUT2D eigenvalue weighted by molar-refractivity contribution is -0.115. The molecule has 34 heavy (non-hydrogen) atoms. The van der Waals surface area contributed by atoms with Crippen LogP contribution in [-0.2, 0) is 14.9 Å². The first-order chi connectivity index (χ1) is 16.2. The molecule has 0 bridgehead atoms. The number of amides is 1. The first-order valence-corrected chi connectivity index (χ1v) is 13.0. The molecule has 4 rings (SSSR count). The maximum atomic E-state index is 12.6. The standard InChI is InChI=1S/C24H19BrN2O5S2/c1-15-7-10-17(11-8-15)34(29,30)32-20-12-9-16(13-21(20)31-2)14-22-23(28)27-24(33-22)26-19-6-4-3-5-18(19)25/h3-14H,1-2H3,(H,26,27,28)/b22-14+. The van der Waals surface area contributed by atoms with Crippen LogP contribution in [0.5, 0.6) is 11.5 Å². The number of nitrogens with zero attached hydrogens (tertiary/aromatic N) is 1. The number of para-hydroxylation sites is 1. The van der Waals surface area contributed by atoms with E-state index in [9.17, 15) is 13.2 Å². The lowest BCUT2D eigenvalue weighted by Crippen LogP contribution is -2.19. The molecule has 1 aliphatic rings. The quantitative estimate of drug-likeness (QED) is 0.320. The summed E-state index contributed by atoms with van der Waals surface area (Å²) in [5.74, 6) is -0.0162. The second-order valence-electron chi connectivity index (χ2n) is 7.19. The van der Waals surface area contributed by atoms with Gasteiger partial charge >= 0.3 is 10.1 Å². The van der Waals surface area contributed by atoms with Gasteiger partial charge in [-0.25, -0.2) is 4.99 Å². The molecule has 0 spiro atoms. The number of benzene rings is 3. The summed E-state index contributed by atoms with van der Waals surface area (Å²) in [5.41, 5.74) is 2.27. The number of halogens is 1. The Morgan fingerprint density at radius 2 is 1.76 bits per heavy atom. The van der Waals surface area contributed by atoms with Gasteiger partial charge in [-0.3, -0.25) is 4.79 Å². The Morgan fingerprint density at radius 1 is 1.03 bits per heavy atom. The van der Waals surface area contributed by atoms with Gasteiger partial charge in [-0.05, 0) is 82.7 Å². The number of nitrogens with one attached hydrogen (secondary N) is 1. The number of hydrogen-bond donors (Lipinski definition) is 1. The van der Waals surface area contributed by atoms with E-state index in [0.717, 1.165) is 10.0 Å². The van der Waals surface area contributed by atoms with Gasteiger partial charge in [0.25, 0.3) is 5.91 Å². The fourth-order valence-corrected chi connectivity index (χ4v) is 5.15. The molecule has 0 aliphatic carbocycles. The summed E-state index contributed by atoms with van der Waals surface area (Å²) in [4.78, 5) is 17.4. The molecule has 1 aliphatic heterocycles. The molecule has 0 aromatic heterocycles. The Balaban J connectivity index is 1.56. The van der Waals surface area contributed by atoms with E-state index in [2.05, 4.69) is 26.2 Å². The predicted molar refractivity (Wildman–Crippen MR) is 137 cm³/mol. The fourth-order valence-electron chi connectivity index (χ4n) is 3.00. The summed E-state index contributed by atoms with van der Waals surface area (Å²) in [6.07, 6.45) is 1.67. The highest BCUT2D eigenvalue weighted by Gasteiger charge is 2.24. The highest BCUT2D eigenvalue weighted by atomic mass is 79.9. The van der Waals surface area contributed by atoms with E-state index in [4.69, 9.17) is 8.92 Å². The minimum absolute atomic E-state index is 0.0437. The summed E-state index contributed by atoms with van der Waals surface area (Å²) in [6, 6.07) is 18.5. The van der Waals surface area contributed by atoms with Gasteiger partial charge < -0.3 is 14.2 Å². The van der Waals surface area contributed by atoms with Gasteiger partial charge in [0.15, 0.2) is 16.7 Å². The van der Waals surface area contributed by atoms with Crippen LogP contribution in [0.2, 0.25) is 0 Å². The van der Waals surface area contributed by atoms with Crippen LogP contribution in [0.1, 0.15) is 11.1 Å². The second-order valence-corrected chi connectivity index (χ2v) is 10.6. The number of carbonyl (C=O) groups is 1. The van der Waals surface area contributed by atoms with Gasteiger partial charge in [0.2, 0.25) is 0 Å². The lowest BCUT2D eigenvalue weighted by atomic mass is 10.2. The fraction of sp³-hybridized carbons (Fsp3) is 0.0833. The van der Waals surface area contributed by atoms with Crippen molar-refractivity contribution in [2.24, 2.45) is 4.99 Å². The van der Waals surface area contributed by atoms with Crippen molar-refractivity contribution < 1.29 is 22.1 Å². The Morgan fingerprint density at radius 3 is 2.47 bits per heavy atom. The van der Waals surface area contributed by atoms with Crippen molar-refractivity contribution in [3.63, 3.8) is 0 Å². The zero-order valence-corrected chi connectivity index (χ0v) is 21.3. The van der Waals surface area contributed by atoms with Crippen LogP contribution in [0.4, 0.5) is 5.69 Å². The van der Waals surface area contributed by atoms with E-state index in [1.807, 2.05) is 31.2 Å². The first kappa shape index (κ1) is 24.1. The molecule has 1 N–H and O–H groups in total. The molecule has 1 amide bonds. The van der Waals surface area contributed by atoms with E-state index in [1.165, 1.54) is 37.1 Å². The van der Waals surface area contributed by atoms with Crippen molar-refractivity contribution in [3.8, 4) is 11.5 Å². The van der Waals surface area contributed by atoms with Gasteiger partial charge in [-0.15, -0.1) is 0 Å². The zero-order chi connectivity index (χ0) is 24.3. The highest BCUT2D eigenvalue weighted by Crippen LogP contribution is 2.34. The summed E-state index contributed by atoms with van der Waals surface area (Å²) in [5, 5.41) is 3.20. The topological polar surface area (TPSA) is 94.1 Å². The van der Waals surface area contributed by atoms with E-state index >= 15 is 0 Å². The van der Waals surface area contributed by atoms with Gasteiger partial charge in [0, 0.05) is 4.47 Å². The molecule has 174 valence electrons. The number of aliphatic imine (C=N–C) groups is 1. The molecule has 0 unspecified atom stereocenters. The van der Waals surface area contributed by atoms with Crippen LogP contribution >= 0.6 is 27.7 Å². The van der Waals surface area contributed by atoms with Gasteiger partial charge in [-0.2, -0.15) is 8.42 Å². The van der Waals surface area contributed by atoms with E-state index in [1.54, 1.807) is 30.3 Å². The van der Waals surface area contributed by atoms with E-state index in [0.29, 0.717) is 21.3 Å². The Labute approximate surface area is 210 Å². The number of thioether (sulfide) groups is 1. The van der Waals surface area contributed by atoms with E-state index in [-0.39, 0.29) is 22.3 Å². The molecule has 3 aromatic carbocycles. The van der Waals surface area contributed by atoms with Crippen molar-refractivity contribution in [1.82, 2.24) is 5.32 Å². The summed E-state index contributed by atoms with van der Waals surface area (Å²) >= 11 is 4.64. The minimum atomic E-state index is -4.03. The summed E-state index contributed by atoms with van der Waals surface area (Å²) in [7, 11) is -2.62. The maximum absolute atomic E-state index is 12.6. The van der Waals surface area contributed by atoms with Crippen LogP contribution in [0, 0.1) is 6.92 Å². The van der Waals surface area contributed by atoms with Crippen LogP contribution in [0.3, 0.4) is 0 Å². The number of aryl methyl sites for hydroxylation is 1. The minimum Gasteiger partial charge on any atom is -0.493 e. The summed E-state index contributed by atoms with van der Waals surface area (Å²) in [6.45, 7) is 1.87. The van der Waals surface area contributed by atoms with Crippen LogP contribution < -0.4 is 14.2 Å². The van der Waals surface area contributed by atoms with Crippen molar-refractivity contribution in [3.05, 3.63) is 87.2 Å². The molecular formula is C24H19BrN2O5S2. The molecule has 1 heterocycles. The Bertz CT molecular complexity index is 1420. The molecule has 1 saturated heterocycles. The largest absolute Gasteiger partial charge is 0.493 e. The van der Waals surface area contributed by atoms with Gasteiger partial charge in [0.1, 0.15) is 4.90 Å². The maximum Gasteiger partial charge on any atom is 0.339 e.